The van der Waals surface area contributed by atoms with Crippen LogP contribution in [-0.4, -0.2) is 19.0 Å². The molecule has 0 saturated heterocycles. The maximum absolute atomic E-state index is 11.1. The number of benzene rings is 1. The molecule has 0 saturated carbocycles. The summed E-state index contributed by atoms with van der Waals surface area (Å²) in [5, 5.41) is -0.335. The van der Waals surface area contributed by atoms with Crippen molar-refractivity contribution >= 4 is 16.8 Å². The number of aryl methyl sites for hydroxylation is 1. The predicted molar refractivity (Wildman–Crippen MR) is 61.1 cm³/mol. The van der Waals surface area contributed by atoms with Crippen LogP contribution in [-0.2, 0) is 16.0 Å². The van der Waals surface area contributed by atoms with Gasteiger partial charge in [0.25, 0.3) is 0 Å². The molecule has 1 aromatic rings. The van der Waals surface area contributed by atoms with Crippen molar-refractivity contribution in [2.75, 3.05) is 13.7 Å². The Morgan fingerprint density at radius 2 is 2.27 bits per heavy atom. The van der Waals surface area contributed by atoms with Crippen LogP contribution in [0.3, 0.4) is 0 Å². The van der Waals surface area contributed by atoms with E-state index in [-0.39, 0.29) is 11.2 Å². The minimum Gasteiger partial charge on any atom is -0.384 e. The van der Waals surface area contributed by atoms with Gasteiger partial charge in [-0.1, -0.05) is 29.8 Å². The van der Waals surface area contributed by atoms with Gasteiger partial charge in [0, 0.05) is 7.11 Å². The molecule has 3 heteroatoms. The smallest absolute Gasteiger partial charge is 0.227 e. The lowest BCUT2D eigenvalue weighted by Gasteiger charge is -2.11. The molecule has 0 fully saturated rings. The Bertz CT molecular complexity index is 336. The third-order valence-electron chi connectivity index (χ3n) is 2.25. The second-order valence-corrected chi connectivity index (χ2v) is 4.02. The maximum atomic E-state index is 11.1. The van der Waals surface area contributed by atoms with E-state index in [9.17, 15) is 4.79 Å². The highest BCUT2D eigenvalue weighted by Gasteiger charge is 2.16. The van der Waals surface area contributed by atoms with E-state index in [1.54, 1.807) is 7.11 Å². The molecule has 0 spiro atoms. The van der Waals surface area contributed by atoms with Gasteiger partial charge in [-0.25, -0.2) is 0 Å². The van der Waals surface area contributed by atoms with Gasteiger partial charge in [0.15, 0.2) is 0 Å². The van der Waals surface area contributed by atoms with Gasteiger partial charge in [0.1, 0.15) is 0 Å². The van der Waals surface area contributed by atoms with Crippen LogP contribution in [0.2, 0.25) is 0 Å². The fourth-order valence-corrected chi connectivity index (χ4v) is 1.67. The molecule has 0 aliphatic carbocycles. The van der Waals surface area contributed by atoms with Gasteiger partial charge in [-0.15, -0.1) is 0 Å². The molecule has 0 N–H and O–H groups in total. The van der Waals surface area contributed by atoms with Crippen molar-refractivity contribution in [1.29, 1.82) is 0 Å². The monoisotopic (exact) mass is 226 g/mol. The molecular formula is C12H15ClO2. The van der Waals surface area contributed by atoms with Crippen molar-refractivity contribution in [3.05, 3.63) is 35.4 Å². The van der Waals surface area contributed by atoms with Gasteiger partial charge in [-0.3, -0.25) is 4.79 Å². The molecule has 0 aliphatic heterocycles. The number of hydrogen-bond donors (Lipinski definition) is 0. The molecule has 0 amide bonds. The van der Waals surface area contributed by atoms with Gasteiger partial charge in [-0.05, 0) is 30.5 Å². The number of halogens is 1. The second kappa shape index (κ2) is 5.89. The molecule has 1 rings (SSSR count). The lowest BCUT2D eigenvalue weighted by molar-refractivity contribution is -0.116. The number of carbonyl (C=O) groups is 1. The number of carbonyl (C=O) groups excluding carboxylic acids is 1. The first-order valence-corrected chi connectivity index (χ1v) is 5.25. The van der Waals surface area contributed by atoms with Crippen LogP contribution in [0.1, 0.15) is 11.1 Å². The number of rotatable bonds is 5. The average Bonchev–Trinajstić information content (AvgIpc) is 2.17. The Balaban J connectivity index is 2.69. The molecule has 15 heavy (non-hydrogen) atoms. The zero-order chi connectivity index (χ0) is 11.3. The summed E-state index contributed by atoms with van der Waals surface area (Å²) in [6.45, 7) is 2.40. The first kappa shape index (κ1) is 12.2. The normalized spacial score (nSPS) is 12.5. The zero-order valence-corrected chi connectivity index (χ0v) is 9.75. The highest BCUT2D eigenvalue weighted by Crippen LogP contribution is 2.13. The minimum absolute atomic E-state index is 0.251. The minimum atomic E-state index is -0.335. The molecule has 1 aromatic carbocycles. The maximum Gasteiger partial charge on any atom is 0.227 e. The number of hydrogen-bond acceptors (Lipinski definition) is 2. The first-order valence-electron chi connectivity index (χ1n) is 4.87. The molecule has 2 nitrogen and oxygen atoms in total. The van der Waals surface area contributed by atoms with Gasteiger partial charge in [0.2, 0.25) is 5.24 Å². The Morgan fingerprint density at radius 3 is 2.80 bits per heavy atom. The van der Waals surface area contributed by atoms with Crippen LogP contribution >= 0.6 is 11.6 Å². The van der Waals surface area contributed by atoms with Gasteiger partial charge < -0.3 is 4.74 Å². The Kier molecular flexibility index (Phi) is 4.79. The van der Waals surface area contributed by atoms with E-state index in [0.717, 1.165) is 5.56 Å². The Labute approximate surface area is 95.2 Å². The van der Waals surface area contributed by atoms with Gasteiger partial charge in [0.05, 0.1) is 12.5 Å². The second-order valence-electron chi connectivity index (χ2n) is 3.65. The molecule has 0 aromatic heterocycles. The van der Waals surface area contributed by atoms with Crippen molar-refractivity contribution in [1.82, 2.24) is 0 Å². The molecular weight excluding hydrogens is 212 g/mol. The summed E-state index contributed by atoms with van der Waals surface area (Å²) in [7, 11) is 1.57. The van der Waals surface area contributed by atoms with E-state index in [0.29, 0.717) is 13.0 Å². The van der Waals surface area contributed by atoms with Crippen LogP contribution in [0.4, 0.5) is 0 Å². The van der Waals surface area contributed by atoms with Crippen LogP contribution in [0.15, 0.2) is 24.3 Å². The fourth-order valence-electron chi connectivity index (χ4n) is 1.53. The highest BCUT2D eigenvalue weighted by molar-refractivity contribution is 6.64. The molecule has 0 heterocycles. The predicted octanol–water partition coefficient (Wildman–Crippen LogP) is 2.57. The van der Waals surface area contributed by atoms with E-state index in [1.807, 2.05) is 25.1 Å². The van der Waals surface area contributed by atoms with Crippen molar-refractivity contribution in [3.63, 3.8) is 0 Å². The van der Waals surface area contributed by atoms with E-state index in [4.69, 9.17) is 16.3 Å². The third-order valence-corrected chi connectivity index (χ3v) is 2.56. The summed E-state index contributed by atoms with van der Waals surface area (Å²) >= 11 is 5.49. The summed E-state index contributed by atoms with van der Waals surface area (Å²) < 4.78 is 4.96. The number of methoxy groups -OCH3 is 1. The van der Waals surface area contributed by atoms with Crippen LogP contribution < -0.4 is 0 Å². The number of ether oxygens (including phenoxy) is 1. The highest BCUT2D eigenvalue weighted by atomic mass is 35.5. The van der Waals surface area contributed by atoms with Crippen LogP contribution in [0, 0.1) is 12.8 Å². The van der Waals surface area contributed by atoms with Crippen LogP contribution in [0.25, 0.3) is 0 Å². The molecule has 1 unspecified atom stereocenters. The van der Waals surface area contributed by atoms with Gasteiger partial charge >= 0.3 is 0 Å². The fraction of sp³-hybridized carbons (Fsp3) is 0.417. The zero-order valence-electron chi connectivity index (χ0n) is 9.00. The quantitative estimate of drug-likeness (QED) is 0.722. The first-order chi connectivity index (χ1) is 7.13. The standard InChI is InChI=1S/C12H15ClO2/c1-9-4-3-5-10(6-9)7-11(8-15-2)12(13)14/h3-6,11H,7-8H2,1-2H3. The molecule has 0 radical (unpaired) electrons. The van der Waals surface area contributed by atoms with E-state index in [2.05, 4.69) is 6.07 Å². The van der Waals surface area contributed by atoms with Crippen molar-refractivity contribution < 1.29 is 9.53 Å². The largest absolute Gasteiger partial charge is 0.384 e. The lowest BCUT2D eigenvalue weighted by atomic mass is 10.00. The topological polar surface area (TPSA) is 26.3 Å². The third kappa shape index (κ3) is 4.02. The SMILES string of the molecule is COCC(Cc1cccc(C)c1)C(=O)Cl. The van der Waals surface area contributed by atoms with E-state index < -0.39 is 0 Å². The summed E-state index contributed by atoms with van der Waals surface area (Å²) in [5.74, 6) is -0.251. The Morgan fingerprint density at radius 1 is 1.53 bits per heavy atom. The van der Waals surface area contributed by atoms with E-state index >= 15 is 0 Å². The summed E-state index contributed by atoms with van der Waals surface area (Å²) in [4.78, 5) is 11.1. The Hall–Kier alpha value is -0.860. The summed E-state index contributed by atoms with van der Waals surface area (Å²) in [5.41, 5.74) is 2.30. The average molecular weight is 227 g/mol. The lowest BCUT2D eigenvalue weighted by Crippen LogP contribution is -2.17. The summed E-state index contributed by atoms with van der Waals surface area (Å²) in [6, 6.07) is 8.06. The summed E-state index contributed by atoms with van der Waals surface area (Å²) in [6.07, 6.45) is 0.637. The molecule has 0 bridgehead atoms. The van der Waals surface area contributed by atoms with E-state index in [1.165, 1.54) is 5.56 Å². The molecule has 0 aliphatic rings. The molecule has 1 atom stereocenters. The van der Waals surface area contributed by atoms with Gasteiger partial charge in [-0.2, -0.15) is 0 Å². The van der Waals surface area contributed by atoms with Crippen molar-refractivity contribution in [2.45, 2.75) is 13.3 Å². The van der Waals surface area contributed by atoms with Crippen molar-refractivity contribution in [3.8, 4) is 0 Å². The van der Waals surface area contributed by atoms with Crippen LogP contribution in [0.5, 0.6) is 0 Å². The van der Waals surface area contributed by atoms with Crippen molar-refractivity contribution in [2.24, 2.45) is 5.92 Å². The molecule has 82 valence electrons.